The summed E-state index contributed by atoms with van der Waals surface area (Å²) >= 11 is 0. The number of carbonyl (C=O) groups excluding carboxylic acids is 1. The van der Waals surface area contributed by atoms with Crippen LogP contribution in [-0.4, -0.2) is 26.8 Å². The van der Waals surface area contributed by atoms with E-state index >= 15 is 0 Å². The van der Waals surface area contributed by atoms with Crippen molar-refractivity contribution in [1.82, 2.24) is 15.1 Å². The van der Waals surface area contributed by atoms with Crippen LogP contribution in [0.3, 0.4) is 0 Å². The Bertz CT molecular complexity index is 1070. The Morgan fingerprint density at radius 3 is 2.38 bits per heavy atom. The summed E-state index contributed by atoms with van der Waals surface area (Å²) in [7, 11) is 0. The normalized spacial score (nSPS) is 11.8. The molecular formula is C21H20FN3O4. The fourth-order valence-electron chi connectivity index (χ4n) is 2.94. The van der Waals surface area contributed by atoms with E-state index in [1.54, 1.807) is 12.1 Å². The van der Waals surface area contributed by atoms with E-state index in [2.05, 4.69) is 10.4 Å². The standard InChI is InChI=1S/C21H20FN3O4/c1-2-13-3-5-14(6-4-13)17(12-20(27)28)23-21(29)18-11-19(26)25(24-18)16-9-7-15(22)8-10-16/h3-11,17,24H,2,12H2,1H3,(H,23,29)(H,27,28). The van der Waals surface area contributed by atoms with Crippen molar-refractivity contribution in [3.63, 3.8) is 0 Å². The predicted molar refractivity (Wildman–Crippen MR) is 105 cm³/mol. The Hall–Kier alpha value is -3.68. The van der Waals surface area contributed by atoms with Crippen molar-refractivity contribution < 1.29 is 19.1 Å². The summed E-state index contributed by atoms with van der Waals surface area (Å²) in [6, 6.07) is 12.9. The zero-order valence-electron chi connectivity index (χ0n) is 15.7. The van der Waals surface area contributed by atoms with Crippen molar-refractivity contribution in [2.24, 2.45) is 0 Å². The highest BCUT2D eigenvalue weighted by Gasteiger charge is 2.21. The maximum absolute atomic E-state index is 13.1. The van der Waals surface area contributed by atoms with Gasteiger partial charge in [0.25, 0.3) is 11.5 Å². The van der Waals surface area contributed by atoms with E-state index in [0.717, 1.165) is 22.7 Å². The number of halogens is 1. The molecule has 1 atom stereocenters. The third-order valence-electron chi connectivity index (χ3n) is 4.52. The molecule has 1 aromatic heterocycles. The zero-order valence-corrected chi connectivity index (χ0v) is 15.7. The van der Waals surface area contributed by atoms with Crippen molar-refractivity contribution in [2.75, 3.05) is 0 Å². The third-order valence-corrected chi connectivity index (χ3v) is 4.52. The number of carbonyl (C=O) groups is 2. The van der Waals surface area contributed by atoms with Crippen molar-refractivity contribution in [3.8, 4) is 5.69 Å². The lowest BCUT2D eigenvalue weighted by molar-refractivity contribution is -0.137. The van der Waals surface area contributed by atoms with Gasteiger partial charge in [0.2, 0.25) is 0 Å². The SMILES string of the molecule is CCc1ccc(C(CC(=O)O)NC(=O)c2cc(=O)n(-c3ccc(F)cc3)[nH]2)cc1. The number of carboxylic acid groups (broad SMARTS) is 1. The Labute approximate surface area is 165 Å². The van der Waals surface area contributed by atoms with Gasteiger partial charge in [0, 0.05) is 6.07 Å². The molecule has 0 radical (unpaired) electrons. The number of aromatic amines is 1. The van der Waals surface area contributed by atoms with E-state index in [0.29, 0.717) is 11.3 Å². The first-order valence-electron chi connectivity index (χ1n) is 9.07. The number of hydrogen-bond donors (Lipinski definition) is 3. The molecule has 0 saturated carbocycles. The van der Waals surface area contributed by atoms with Gasteiger partial charge in [-0.3, -0.25) is 19.5 Å². The van der Waals surface area contributed by atoms with Gasteiger partial charge in [-0.2, -0.15) is 0 Å². The van der Waals surface area contributed by atoms with Gasteiger partial charge in [-0.05, 0) is 41.8 Å². The van der Waals surface area contributed by atoms with Crippen LogP contribution < -0.4 is 10.9 Å². The highest BCUT2D eigenvalue weighted by molar-refractivity contribution is 5.92. The first-order valence-corrected chi connectivity index (χ1v) is 9.07. The van der Waals surface area contributed by atoms with Gasteiger partial charge in [-0.1, -0.05) is 31.2 Å². The second kappa shape index (κ2) is 8.55. The zero-order chi connectivity index (χ0) is 21.0. The van der Waals surface area contributed by atoms with Gasteiger partial charge in [0.15, 0.2) is 0 Å². The lowest BCUT2D eigenvalue weighted by Gasteiger charge is -2.17. The summed E-state index contributed by atoms with van der Waals surface area (Å²) in [5.74, 6) is -2.13. The van der Waals surface area contributed by atoms with Crippen LogP contribution in [0.5, 0.6) is 0 Å². The van der Waals surface area contributed by atoms with Crippen molar-refractivity contribution in [3.05, 3.63) is 87.6 Å². The maximum Gasteiger partial charge on any atom is 0.305 e. The van der Waals surface area contributed by atoms with Crippen LogP contribution in [-0.2, 0) is 11.2 Å². The molecule has 3 N–H and O–H groups in total. The number of aliphatic carboxylic acids is 1. The lowest BCUT2D eigenvalue weighted by atomic mass is 10.0. The number of benzene rings is 2. The summed E-state index contributed by atoms with van der Waals surface area (Å²) < 4.78 is 14.2. The van der Waals surface area contributed by atoms with Gasteiger partial charge in [0.1, 0.15) is 11.5 Å². The number of carboxylic acids is 1. The molecule has 3 rings (SSSR count). The minimum absolute atomic E-state index is 0.0279. The van der Waals surface area contributed by atoms with Gasteiger partial charge < -0.3 is 10.4 Å². The molecule has 3 aromatic rings. The number of rotatable bonds is 7. The summed E-state index contributed by atoms with van der Waals surface area (Å²) in [6.45, 7) is 2.01. The van der Waals surface area contributed by atoms with Gasteiger partial charge in [-0.25, -0.2) is 9.07 Å². The van der Waals surface area contributed by atoms with Crippen LogP contribution in [0.2, 0.25) is 0 Å². The van der Waals surface area contributed by atoms with Crippen LogP contribution >= 0.6 is 0 Å². The number of amides is 1. The van der Waals surface area contributed by atoms with Gasteiger partial charge in [-0.15, -0.1) is 0 Å². The largest absolute Gasteiger partial charge is 0.481 e. The topological polar surface area (TPSA) is 104 Å². The monoisotopic (exact) mass is 397 g/mol. The highest BCUT2D eigenvalue weighted by atomic mass is 19.1. The number of hydrogen-bond acceptors (Lipinski definition) is 3. The van der Waals surface area contributed by atoms with E-state index in [4.69, 9.17) is 0 Å². The van der Waals surface area contributed by atoms with Gasteiger partial charge in [0.05, 0.1) is 18.2 Å². The average molecular weight is 397 g/mol. The van der Waals surface area contributed by atoms with E-state index in [-0.39, 0.29) is 12.1 Å². The first-order chi connectivity index (χ1) is 13.9. The van der Waals surface area contributed by atoms with E-state index in [1.807, 2.05) is 19.1 Å². The quantitative estimate of drug-likeness (QED) is 0.570. The minimum atomic E-state index is -1.06. The van der Waals surface area contributed by atoms with Gasteiger partial charge >= 0.3 is 5.97 Å². The average Bonchev–Trinajstić information content (AvgIpc) is 3.09. The van der Waals surface area contributed by atoms with Crippen LogP contribution in [0, 0.1) is 5.82 Å². The number of aromatic nitrogens is 2. The number of nitrogens with zero attached hydrogens (tertiary/aromatic N) is 1. The van der Waals surface area contributed by atoms with Crippen molar-refractivity contribution in [2.45, 2.75) is 25.8 Å². The van der Waals surface area contributed by atoms with Crippen molar-refractivity contribution >= 4 is 11.9 Å². The maximum atomic E-state index is 13.1. The third kappa shape index (κ3) is 4.78. The molecule has 0 spiro atoms. The van der Waals surface area contributed by atoms with Crippen molar-refractivity contribution in [1.29, 1.82) is 0 Å². The molecule has 7 nitrogen and oxygen atoms in total. The molecule has 0 aliphatic heterocycles. The molecule has 0 aliphatic carbocycles. The molecule has 0 aliphatic rings. The van der Waals surface area contributed by atoms with Crippen LogP contribution in [0.4, 0.5) is 4.39 Å². The second-order valence-corrected chi connectivity index (χ2v) is 6.54. The van der Waals surface area contributed by atoms with E-state index in [1.165, 1.54) is 24.3 Å². The molecule has 1 amide bonds. The molecule has 2 aromatic carbocycles. The van der Waals surface area contributed by atoms with Crippen LogP contribution in [0.25, 0.3) is 5.69 Å². The molecular weight excluding hydrogens is 377 g/mol. The lowest BCUT2D eigenvalue weighted by Crippen LogP contribution is -2.30. The Kier molecular flexibility index (Phi) is 5.92. The predicted octanol–water partition coefficient (Wildman–Crippen LogP) is 2.81. The van der Waals surface area contributed by atoms with Crippen LogP contribution in [0.1, 0.15) is 41.0 Å². The molecule has 0 fully saturated rings. The number of nitrogens with one attached hydrogen (secondary N) is 2. The number of aryl methyl sites for hydroxylation is 1. The number of H-pyrrole nitrogens is 1. The summed E-state index contributed by atoms with van der Waals surface area (Å²) in [4.78, 5) is 36.1. The molecule has 29 heavy (non-hydrogen) atoms. The molecule has 8 heteroatoms. The summed E-state index contributed by atoms with van der Waals surface area (Å²) in [5, 5.41) is 14.5. The van der Waals surface area contributed by atoms with Crippen LogP contribution in [0.15, 0.2) is 59.4 Å². The second-order valence-electron chi connectivity index (χ2n) is 6.54. The minimum Gasteiger partial charge on any atom is -0.481 e. The summed E-state index contributed by atoms with van der Waals surface area (Å²) in [6.07, 6.45) is 0.536. The fraction of sp³-hybridized carbons (Fsp3) is 0.190. The molecule has 150 valence electrons. The molecule has 0 saturated heterocycles. The van der Waals surface area contributed by atoms with E-state index in [9.17, 15) is 23.9 Å². The highest BCUT2D eigenvalue weighted by Crippen LogP contribution is 2.19. The smallest absolute Gasteiger partial charge is 0.305 e. The molecule has 1 heterocycles. The van der Waals surface area contributed by atoms with E-state index < -0.39 is 29.3 Å². The summed E-state index contributed by atoms with van der Waals surface area (Å²) in [5.41, 5.74) is 1.59. The Morgan fingerprint density at radius 1 is 1.14 bits per heavy atom. The Morgan fingerprint density at radius 2 is 1.79 bits per heavy atom. The molecule has 0 bridgehead atoms. The molecule has 1 unspecified atom stereocenters. The Balaban J connectivity index is 1.84. The first kappa shape index (κ1) is 20.1. The fourth-order valence-corrected chi connectivity index (χ4v) is 2.94.